The number of hydrogen-bond acceptors (Lipinski definition) is 3. The standard InChI is InChI=1S/C19H27N3O3/c1-14-3-2-4-17(13-14)25-12-9-20-19(24)21-16-7-10-22(11-8-16)18(23)15-5-6-15/h2-4,13,15-16H,5-12H2,1H3,(H2,20,21,24). The van der Waals surface area contributed by atoms with Crippen molar-refractivity contribution in [1.82, 2.24) is 15.5 Å². The van der Waals surface area contributed by atoms with Crippen LogP contribution in [0.3, 0.4) is 0 Å². The summed E-state index contributed by atoms with van der Waals surface area (Å²) in [5.74, 6) is 1.40. The highest BCUT2D eigenvalue weighted by Crippen LogP contribution is 2.31. The Labute approximate surface area is 148 Å². The first-order valence-electron chi connectivity index (χ1n) is 9.14. The maximum absolute atomic E-state index is 12.0. The van der Waals surface area contributed by atoms with Gasteiger partial charge in [0.1, 0.15) is 12.4 Å². The number of likely N-dealkylation sites (tertiary alicyclic amines) is 1. The molecule has 1 aliphatic heterocycles. The number of rotatable bonds is 6. The van der Waals surface area contributed by atoms with Crippen LogP contribution in [-0.2, 0) is 4.79 Å². The number of nitrogens with one attached hydrogen (secondary N) is 2. The number of amides is 3. The molecule has 1 aromatic carbocycles. The van der Waals surface area contributed by atoms with E-state index in [0.717, 1.165) is 50.1 Å². The fourth-order valence-electron chi connectivity index (χ4n) is 3.11. The molecule has 136 valence electrons. The van der Waals surface area contributed by atoms with Gasteiger partial charge in [-0.1, -0.05) is 12.1 Å². The summed E-state index contributed by atoms with van der Waals surface area (Å²) in [7, 11) is 0. The zero-order valence-electron chi connectivity index (χ0n) is 14.8. The first kappa shape index (κ1) is 17.6. The minimum absolute atomic E-state index is 0.140. The van der Waals surface area contributed by atoms with Gasteiger partial charge in [-0.3, -0.25) is 4.79 Å². The van der Waals surface area contributed by atoms with Crippen LogP contribution in [0.15, 0.2) is 24.3 Å². The zero-order chi connectivity index (χ0) is 17.6. The van der Waals surface area contributed by atoms with Gasteiger partial charge in [0, 0.05) is 25.0 Å². The monoisotopic (exact) mass is 345 g/mol. The van der Waals surface area contributed by atoms with Crippen LogP contribution in [0.2, 0.25) is 0 Å². The molecule has 3 rings (SSSR count). The molecule has 2 aliphatic rings. The Morgan fingerprint density at radius 2 is 1.96 bits per heavy atom. The van der Waals surface area contributed by atoms with Gasteiger partial charge in [-0.15, -0.1) is 0 Å². The fourth-order valence-corrected chi connectivity index (χ4v) is 3.11. The third-order valence-electron chi connectivity index (χ3n) is 4.71. The van der Waals surface area contributed by atoms with E-state index in [-0.39, 0.29) is 18.0 Å². The predicted molar refractivity (Wildman–Crippen MR) is 95.5 cm³/mol. The van der Waals surface area contributed by atoms with Gasteiger partial charge in [0.05, 0.1) is 6.54 Å². The molecule has 6 heteroatoms. The van der Waals surface area contributed by atoms with E-state index in [2.05, 4.69) is 10.6 Å². The Balaban J connectivity index is 1.28. The lowest BCUT2D eigenvalue weighted by atomic mass is 10.0. The quantitative estimate of drug-likeness (QED) is 0.776. The number of aryl methyl sites for hydroxylation is 1. The van der Waals surface area contributed by atoms with Crippen molar-refractivity contribution < 1.29 is 14.3 Å². The van der Waals surface area contributed by atoms with Crippen molar-refractivity contribution in [2.45, 2.75) is 38.6 Å². The number of carbonyl (C=O) groups is 2. The third kappa shape index (κ3) is 5.37. The lowest BCUT2D eigenvalue weighted by Gasteiger charge is -2.32. The van der Waals surface area contributed by atoms with Crippen LogP contribution < -0.4 is 15.4 Å². The topological polar surface area (TPSA) is 70.7 Å². The molecule has 1 heterocycles. The molecule has 1 aromatic rings. The molecule has 1 saturated carbocycles. The molecule has 1 aliphatic carbocycles. The summed E-state index contributed by atoms with van der Waals surface area (Å²) in [5.41, 5.74) is 1.15. The van der Waals surface area contributed by atoms with Gasteiger partial charge < -0.3 is 20.3 Å². The molecule has 0 bridgehead atoms. The van der Waals surface area contributed by atoms with E-state index in [1.54, 1.807) is 0 Å². The molecular formula is C19H27N3O3. The molecule has 0 radical (unpaired) electrons. The van der Waals surface area contributed by atoms with E-state index in [1.807, 2.05) is 36.1 Å². The second kappa shape index (κ2) is 8.23. The molecule has 3 amide bonds. The maximum Gasteiger partial charge on any atom is 0.315 e. The number of ether oxygens (including phenoxy) is 1. The number of urea groups is 1. The largest absolute Gasteiger partial charge is 0.492 e. The molecule has 2 N–H and O–H groups in total. The number of nitrogens with zero attached hydrogens (tertiary/aromatic N) is 1. The first-order valence-corrected chi connectivity index (χ1v) is 9.14. The van der Waals surface area contributed by atoms with E-state index in [4.69, 9.17) is 4.74 Å². The summed E-state index contributed by atoms with van der Waals surface area (Å²) < 4.78 is 5.61. The molecule has 2 fully saturated rings. The molecule has 1 saturated heterocycles. The lowest BCUT2D eigenvalue weighted by molar-refractivity contribution is -0.133. The average Bonchev–Trinajstić information content (AvgIpc) is 3.44. The van der Waals surface area contributed by atoms with Gasteiger partial charge in [-0.25, -0.2) is 4.79 Å². The Bertz CT molecular complexity index is 608. The molecule has 25 heavy (non-hydrogen) atoms. The molecule has 0 spiro atoms. The van der Waals surface area contributed by atoms with Crippen LogP contribution in [0.1, 0.15) is 31.2 Å². The van der Waals surface area contributed by atoms with Crippen molar-refractivity contribution in [2.75, 3.05) is 26.2 Å². The average molecular weight is 345 g/mol. The molecule has 0 unspecified atom stereocenters. The smallest absolute Gasteiger partial charge is 0.315 e. The van der Waals surface area contributed by atoms with Crippen LogP contribution in [0.4, 0.5) is 4.79 Å². The highest BCUT2D eigenvalue weighted by Gasteiger charge is 2.35. The van der Waals surface area contributed by atoms with Crippen molar-refractivity contribution in [3.05, 3.63) is 29.8 Å². The molecule has 6 nitrogen and oxygen atoms in total. The maximum atomic E-state index is 12.0. The van der Waals surface area contributed by atoms with Crippen molar-refractivity contribution in [2.24, 2.45) is 5.92 Å². The number of benzene rings is 1. The second-order valence-corrected chi connectivity index (χ2v) is 6.94. The summed E-state index contributed by atoms with van der Waals surface area (Å²) in [6, 6.07) is 7.81. The summed E-state index contributed by atoms with van der Waals surface area (Å²) in [6.45, 7) is 4.40. The van der Waals surface area contributed by atoms with E-state index in [9.17, 15) is 9.59 Å². The minimum atomic E-state index is -0.167. The Hall–Kier alpha value is -2.24. The SMILES string of the molecule is Cc1cccc(OCCNC(=O)NC2CCN(C(=O)C3CC3)CC2)c1. The van der Waals surface area contributed by atoms with Crippen molar-refractivity contribution in [3.8, 4) is 5.75 Å². The van der Waals surface area contributed by atoms with E-state index in [1.165, 1.54) is 0 Å². The summed E-state index contributed by atoms with van der Waals surface area (Å²) in [6.07, 6.45) is 3.74. The molecular weight excluding hydrogens is 318 g/mol. The number of hydrogen-bond donors (Lipinski definition) is 2. The number of carbonyl (C=O) groups excluding carboxylic acids is 2. The molecule has 0 atom stereocenters. The van der Waals surface area contributed by atoms with Crippen LogP contribution >= 0.6 is 0 Å². The Morgan fingerprint density at radius 3 is 2.64 bits per heavy atom. The highest BCUT2D eigenvalue weighted by atomic mass is 16.5. The Kier molecular flexibility index (Phi) is 5.79. The van der Waals surface area contributed by atoms with Gasteiger partial charge in [0.15, 0.2) is 0 Å². The Morgan fingerprint density at radius 1 is 1.20 bits per heavy atom. The van der Waals surface area contributed by atoms with Gasteiger partial charge in [0.25, 0.3) is 0 Å². The predicted octanol–water partition coefficient (Wildman–Crippen LogP) is 2.07. The van der Waals surface area contributed by atoms with Crippen molar-refractivity contribution in [3.63, 3.8) is 0 Å². The van der Waals surface area contributed by atoms with Crippen LogP contribution in [-0.4, -0.2) is 49.1 Å². The minimum Gasteiger partial charge on any atom is -0.492 e. The fraction of sp³-hybridized carbons (Fsp3) is 0.579. The van der Waals surface area contributed by atoms with Crippen LogP contribution in [0, 0.1) is 12.8 Å². The zero-order valence-corrected chi connectivity index (χ0v) is 14.8. The number of piperidine rings is 1. The normalized spacial score (nSPS) is 17.9. The molecule has 0 aromatic heterocycles. The van der Waals surface area contributed by atoms with Gasteiger partial charge in [-0.2, -0.15) is 0 Å². The third-order valence-corrected chi connectivity index (χ3v) is 4.71. The summed E-state index contributed by atoms with van der Waals surface area (Å²) >= 11 is 0. The van der Waals surface area contributed by atoms with Crippen LogP contribution in [0.25, 0.3) is 0 Å². The van der Waals surface area contributed by atoms with E-state index >= 15 is 0 Å². The van der Waals surface area contributed by atoms with Crippen molar-refractivity contribution in [1.29, 1.82) is 0 Å². The lowest BCUT2D eigenvalue weighted by Crippen LogP contribution is -2.49. The van der Waals surface area contributed by atoms with Crippen LogP contribution in [0.5, 0.6) is 5.75 Å². The second-order valence-electron chi connectivity index (χ2n) is 6.94. The van der Waals surface area contributed by atoms with Gasteiger partial charge in [-0.05, 0) is 50.3 Å². The summed E-state index contributed by atoms with van der Waals surface area (Å²) in [5, 5.41) is 5.81. The van der Waals surface area contributed by atoms with E-state index < -0.39 is 0 Å². The van der Waals surface area contributed by atoms with Gasteiger partial charge in [0.2, 0.25) is 5.91 Å². The summed E-state index contributed by atoms with van der Waals surface area (Å²) in [4.78, 5) is 25.9. The van der Waals surface area contributed by atoms with E-state index in [0.29, 0.717) is 19.1 Å². The highest BCUT2D eigenvalue weighted by molar-refractivity contribution is 5.81. The van der Waals surface area contributed by atoms with Crippen molar-refractivity contribution >= 4 is 11.9 Å². The first-order chi connectivity index (χ1) is 12.1. The van der Waals surface area contributed by atoms with Gasteiger partial charge >= 0.3 is 6.03 Å².